The molecule has 0 saturated heterocycles. The SMILES string of the molecule is CC1CCCCC1OC(=O)C(O)CCN. The summed E-state index contributed by atoms with van der Waals surface area (Å²) in [5.41, 5.74) is 5.26. The molecular weight excluding hydrogens is 194 g/mol. The van der Waals surface area contributed by atoms with E-state index in [4.69, 9.17) is 10.5 Å². The van der Waals surface area contributed by atoms with Crippen molar-refractivity contribution in [3.8, 4) is 0 Å². The van der Waals surface area contributed by atoms with Crippen molar-refractivity contribution in [2.45, 2.75) is 51.2 Å². The molecule has 3 unspecified atom stereocenters. The number of esters is 1. The van der Waals surface area contributed by atoms with Gasteiger partial charge in [0.15, 0.2) is 6.10 Å². The molecule has 4 heteroatoms. The summed E-state index contributed by atoms with van der Waals surface area (Å²) in [4.78, 5) is 11.4. The van der Waals surface area contributed by atoms with Crippen molar-refractivity contribution < 1.29 is 14.6 Å². The Kier molecular flexibility index (Phi) is 5.05. The Morgan fingerprint density at radius 2 is 2.20 bits per heavy atom. The summed E-state index contributed by atoms with van der Waals surface area (Å²) in [5.74, 6) is -0.105. The number of aliphatic hydroxyl groups excluding tert-OH is 1. The fraction of sp³-hybridized carbons (Fsp3) is 0.909. The van der Waals surface area contributed by atoms with E-state index in [0.29, 0.717) is 12.5 Å². The smallest absolute Gasteiger partial charge is 0.335 e. The summed E-state index contributed by atoms with van der Waals surface area (Å²) in [6, 6.07) is 0. The van der Waals surface area contributed by atoms with Crippen molar-refractivity contribution in [2.75, 3.05) is 6.54 Å². The van der Waals surface area contributed by atoms with Crippen LogP contribution in [0.3, 0.4) is 0 Å². The van der Waals surface area contributed by atoms with Gasteiger partial charge in [-0.25, -0.2) is 4.79 Å². The van der Waals surface area contributed by atoms with Crippen LogP contribution in [-0.4, -0.2) is 29.8 Å². The second kappa shape index (κ2) is 6.08. The lowest BCUT2D eigenvalue weighted by Crippen LogP contribution is -2.34. The van der Waals surface area contributed by atoms with Gasteiger partial charge in [-0.05, 0) is 38.1 Å². The summed E-state index contributed by atoms with van der Waals surface area (Å²) in [6.07, 6.45) is 3.55. The molecule has 15 heavy (non-hydrogen) atoms. The van der Waals surface area contributed by atoms with Crippen molar-refractivity contribution in [3.05, 3.63) is 0 Å². The monoisotopic (exact) mass is 215 g/mol. The van der Waals surface area contributed by atoms with Crippen LogP contribution in [0.2, 0.25) is 0 Å². The van der Waals surface area contributed by atoms with Crippen LogP contribution in [0, 0.1) is 5.92 Å². The molecule has 0 spiro atoms. The van der Waals surface area contributed by atoms with Gasteiger partial charge < -0.3 is 15.6 Å². The van der Waals surface area contributed by atoms with Crippen molar-refractivity contribution in [3.63, 3.8) is 0 Å². The van der Waals surface area contributed by atoms with Crippen LogP contribution in [-0.2, 0) is 9.53 Å². The molecule has 1 rings (SSSR count). The molecule has 1 saturated carbocycles. The van der Waals surface area contributed by atoms with Crippen LogP contribution in [0.1, 0.15) is 39.0 Å². The second-order valence-corrected chi connectivity index (χ2v) is 4.33. The van der Waals surface area contributed by atoms with E-state index in [1.54, 1.807) is 0 Å². The molecule has 0 aromatic heterocycles. The normalized spacial score (nSPS) is 28.5. The molecule has 3 atom stereocenters. The molecule has 0 heterocycles. The second-order valence-electron chi connectivity index (χ2n) is 4.33. The third kappa shape index (κ3) is 3.80. The Bertz CT molecular complexity index is 208. The highest BCUT2D eigenvalue weighted by Crippen LogP contribution is 2.26. The average Bonchev–Trinajstić information content (AvgIpc) is 2.21. The molecule has 0 bridgehead atoms. The molecule has 1 aliphatic carbocycles. The Morgan fingerprint density at radius 1 is 1.53 bits per heavy atom. The zero-order chi connectivity index (χ0) is 11.3. The Morgan fingerprint density at radius 3 is 2.80 bits per heavy atom. The zero-order valence-corrected chi connectivity index (χ0v) is 9.32. The summed E-state index contributed by atoms with van der Waals surface area (Å²) in [7, 11) is 0. The molecule has 4 nitrogen and oxygen atoms in total. The molecule has 0 radical (unpaired) electrons. The molecule has 0 aliphatic heterocycles. The molecule has 0 amide bonds. The number of hydrogen-bond donors (Lipinski definition) is 2. The molecule has 88 valence electrons. The van der Waals surface area contributed by atoms with Gasteiger partial charge in [0.05, 0.1) is 0 Å². The van der Waals surface area contributed by atoms with Crippen molar-refractivity contribution in [1.82, 2.24) is 0 Å². The minimum Gasteiger partial charge on any atom is -0.460 e. The number of ether oxygens (including phenoxy) is 1. The Hall–Kier alpha value is -0.610. The van der Waals surface area contributed by atoms with E-state index in [9.17, 15) is 9.90 Å². The largest absolute Gasteiger partial charge is 0.460 e. The van der Waals surface area contributed by atoms with Gasteiger partial charge in [0.25, 0.3) is 0 Å². The number of carbonyl (C=O) groups excluding carboxylic acids is 1. The molecule has 1 aliphatic rings. The van der Waals surface area contributed by atoms with Gasteiger partial charge >= 0.3 is 5.97 Å². The first-order valence-corrected chi connectivity index (χ1v) is 5.73. The minimum atomic E-state index is -1.05. The standard InChI is InChI=1S/C11H21NO3/c1-8-4-2-3-5-10(8)15-11(14)9(13)6-7-12/h8-10,13H,2-7,12H2,1H3. The Balaban J connectivity index is 2.35. The van der Waals surface area contributed by atoms with Gasteiger partial charge in [-0.1, -0.05) is 13.3 Å². The molecule has 0 aromatic rings. The summed E-state index contributed by atoms with van der Waals surface area (Å²) >= 11 is 0. The lowest BCUT2D eigenvalue weighted by molar-refractivity contribution is -0.163. The number of aliphatic hydroxyl groups is 1. The van der Waals surface area contributed by atoms with Crippen LogP contribution in [0.15, 0.2) is 0 Å². The van der Waals surface area contributed by atoms with E-state index >= 15 is 0 Å². The predicted molar refractivity (Wildman–Crippen MR) is 57.2 cm³/mol. The highest BCUT2D eigenvalue weighted by molar-refractivity contribution is 5.74. The number of rotatable bonds is 4. The quantitative estimate of drug-likeness (QED) is 0.681. The minimum absolute atomic E-state index is 0.0151. The van der Waals surface area contributed by atoms with Gasteiger partial charge in [-0.3, -0.25) is 0 Å². The first kappa shape index (κ1) is 12.5. The van der Waals surface area contributed by atoms with E-state index in [2.05, 4.69) is 6.92 Å². The van der Waals surface area contributed by atoms with Crippen molar-refractivity contribution >= 4 is 5.97 Å². The third-order valence-electron chi connectivity index (χ3n) is 3.01. The van der Waals surface area contributed by atoms with E-state index in [1.807, 2.05) is 0 Å². The average molecular weight is 215 g/mol. The van der Waals surface area contributed by atoms with E-state index in [1.165, 1.54) is 6.42 Å². The maximum atomic E-state index is 11.4. The topological polar surface area (TPSA) is 72.5 Å². The van der Waals surface area contributed by atoms with Crippen LogP contribution < -0.4 is 5.73 Å². The number of carbonyl (C=O) groups is 1. The molecule has 0 aromatic carbocycles. The lowest BCUT2D eigenvalue weighted by atomic mass is 9.88. The zero-order valence-electron chi connectivity index (χ0n) is 9.32. The van der Waals surface area contributed by atoms with Gasteiger partial charge in [0, 0.05) is 0 Å². The summed E-state index contributed by atoms with van der Waals surface area (Å²) < 4.78 is 5.27. The van der Waals surface area contributed by atoms with Crippen LogP contribution in [0.4, 0.5) is 0 Å². The van der Waals surface area contributed by atoms with Gasteiger partial charge in [-0.2, -0.15) is 0 Å². The lowest BCUT2D eigenvalue weighted by Gasteiger charge is -2.29. The fourth-order valence-corrected chi connectivity index (χ4v) is 1.96. The number of nitrogens with two attached hydrogens (primary N) is 1. The maximum Gasteiger partial charge on any atom is 0.335 e. The van der Waals surface area contributed by atoms with Gasteiger partial charge in [0.2, 0.25) is 0 Å². The van der Waals surface area contributed by atoms with E-state index < -0.39 is 12.1 Å². The fourth-order valence-electron chi connectivity index (χ4n) is 1.96. The highest BCUT2D eigenvalue weighted by atomic mass is 16.6. The summed E-state index contributed by atoms with van der Waals surface area (Å²) in [6.45, 7) is 2.39. The molecule has 3 N–H and O–H groups in total. The van der Waals surface area contributed by atoms with E-state index in [-0.39, 0.29) is 12.5 Å². The third-order valence-corrected chi connectivity index (χ3v) is 3.01. The highest BCUT2D eigenvalue weighted by Gasteiger charge is 2.27. The van der Waals surface area contributed by atoms with Gasteiger partial charge in [-0.15, -0.1) is 0 Å². The van der Waals surface area contributed by atoms with Crippen molar-refractivity contribution in [1.29, 1.82) is 0 Å². The van der Waals surface area contributed by atoms with Crippen molar-refractivity contribution in [2.24, 2.45) is 11.7 Å². The predicted octanol–water partition coefficient (Wildman–Crippen LogP) is 0.818. The first-order chi connectivity index (χ1) is 7.15. The van der Waals surface area contributed by atoms with Crippen LogP contribution in [0.5, 0.6) is 0 Å². The van der Waals surface area contributed by atoms with E-state index in [0.717, 1.165) is 19.3 Å². The molecular formula is C11H21NO3. The van der Waals surface area contributed by atoms with Crippen LogP contribution in [0.25, 0.3) is 0 Å². The molecule has 1 fully saturated rings. The number of hydrogen-bond acceptors (Lipinski definition) is 4. The van der Waals surface area contributed by atoms with Gasteiger partial charge in [0.1, 0.15) is 6.10 Å². The van der Waals surface area contributed by atoms with Crippen LogP contribution >= 0.6 is 0 Å². The first-order valence-electron chi connectivity index (χ1n) is 5.73. The Labute approximate surface area is 90.8 Å². The summed E-state index contributed by atoms with van der Waals surface area (Å²) in [5, 5.41) is 9.38. The maximum absolute atomic E-state index is 11.4.